The van der Waals surface area contributed by atoms with Gasteiger partial charge in [-0.15, -0.1) is 0 Å². The third-order valence-corrected chi connectivity index (χ3v) is 6.74. The summed E-state index contributed by atoms with van der Waals surface area (Å²) in [7, 11) is 2.13. The summed E-state index contributed by atoms with van der Waals surface area (Å²) in [6.45, 7) is 9.66. The van der Waals surface area contributed by atoms with Crippen molar-refractivity contribution in [3.63, 3.8) is 0 Å². The number of anilines is 3. The number of hydrogen-bond donors (Lipinski definition) is 3. The number of amides is 3. The Hall–Kier alpha value is -4.70. The molecule has 0 aliphatic carbocycles. The molecule has 1 aliphatic heterocycles. The van der Waals surface area contributed by atoms with Crippen LogP contribution in [0.15, 0.2) is 66.9 Å². The molecule has 41 heavy (non-hydrogen) atoms. The number of aromatic nitrogens is 3. The second kappa shape index (κ2) is 11.4. The van der Waals surface area contributed by atoms with Crippen molar-refractivity contribution in [1.29, 1.82) is 0 Å². The molecule has 4 aromatic rings. The van der Waals surface area contributed by atoms with Gasteiger partial charge in [-0.2, -0.15) is 5.10 Å². The van der Waals surface area contributed by atoms with Crippen molar-refractivity contribution in [2.24, 2.45) is 0 Å². The summed E-state index contributed by atoms with van der Waals surface area (Å²) in [6.07, 6.45) is 2.53. The molecule has 212 valence electrons. The van der Waals surface area contributed by atoms with Gasteiger partial charge in [-0.3, -0.25) is 10.1 Å². The van der Waals surface area contributed by atoms with E-state index in [9.17, 15) is 9.59 Å². The number of likely N-dealkylation sites (N-methyl/N-ethyl adjacent to an activating group) is 1. The number of nitrogens with one attached hydrogen (secondary N) is 3. The summed E-state index contributed by atoms with van der Waals surface area (Å²) < 4.78 is 7.67. The smallest absolute Gasteiger partial charge is 0.324 e. The summed E-state index contributed by atoms with van der Waals surface area (Å²) in [4.78, 5) is 30.7. The van der Waals surface area contributed by atoms with Crippen LogP contribution in [0.1, 0.15) is 44.5 Å². The molecule has 0 bridgehead atoms. The maximum atomic E-state index is 13.1. The van der Waals surface area contributed by atoms with Crippen molar-refractivity contribution in [3.05, 3.63) is 83.7 Å². The summed E-state index contributed by atoms with van der Waals surface area (Å²) in [5.74, 6) is 1.88. The van der Waals surface area contributed by atoms with Gasteiger partial charge in [0.25, 0.3) is 0 Å². The van der Waals surface area contributed by atoms with Crippen LogP contribution >= 0.6 is 0 Å². The van der Waals surface area contributed by atoms with E-state index in [-0.39, 0.29) is 17.4 Å². The third kappa shape index (κ3) is 6.90. The number of hydrogen-bond acceptors (Lipinski definition) is 6. The van der Waals surface area contributed by atoms with Crippen LogP contribution in [-0.2, 0) is 23.2 Å². The molecule has 0 radical (unpaired) electrons. The van der Waals surface area contributed by atoms with Crippen LogP contribution in [0.4, 0.5) is 22.1 Å². The van der Waals surface area contributed by atoms with E-state index in [1.54, 1.807) is 47.3 Å². The molecule has 5 rings (SSSR count). The lowest BCUT2D eigenvalue weighted by molar-refractivity contribution is -0.114. The van der Waals surface area contributed by atoms with E-state index < -0.39 is 0 Å². The van der Waals surface area contributed by atoms with E-state index in [0.29, 0.717) is 28.8 Å². The maximum Gasteiger partial charge on any atom is 0.324 e. The predicted molar refractivity (Wildman–Crippen MR) is 160 cm³/mol. The lowest BCUT2D eigenvalue weighted by Gasteiger charge is -2.25. The Bertz CT molecular complexity index is 1570. The zero-order chi connectivity index (χ0) is 29.1. The van der Waals surface area contributed by atoms with Crippen LogP contribution in [0, 0.1) is 0 Å². The number of benzene rings is 2. The minimum Gasteiger partial charge on any atom is -0.457 e. The van der Waals surface area contributed by atoms with Gasteiger partial charge in [0.05, 0.1) is 11.4 Å². The fraction of sp³-hybridized carbons (Fsp3) is 0.290. The Balaban J connectivity index is 1.29. The van der Waals surface area contributed by atoms with Crippen molar-refractivity contribution in [2.75, 3.05) is 29.5 Å². The number of nitrogens with zero attached hydrogens (tertiary/aromatic N) is 4. The van der Waals surface area contributed by atoms with Gasteiger partial charge in [-0.05, 0) is 67.1 Å². The zero-order valence-corrected chi connectivity index (χ0v) is 24.0. The topological polar surface area (TPSA) is 113 Å². The molecule has 0 spiro atoms. The van der Waals surface area contributed by atoms with Crippen LogP contribution in [-0.4, -0.2) is 45.2 Å². The van der Waals surface area contributed by atoms with Gasteiger partial charge in [0.1, 0.15) is 23.1 Å². The maximum absolute atomic E-state index is 13.1. The molecule has 0 fully saturated rings. The number of fused-ring (bicyclic) bond motifs is 1. The van der Waals surface area contributed by atoms with Crippen molar-refractivity contribution >= 4 is 29.3 Å². The minimum atomic E-state index is -0.381. The molecular formula is C31H35N7O3. The Morgan fingerprint density at radius 1 is 0.902 bits per heavy atom. The first-order valence-corrected chi connectivity index (χ1v) is 13.5. The fourth-order valence-electron chi connectivity index (χ4n) is 4.59. The van der Waals surface area contributed by atoms with E-state index in [2.05, 4.69) is 71.9 Å². The minimum absolute atomic E-state index is 0.192. The number of pyridine rings is 1. The average Bonchev–Trinajstić information content (AvgIpc) is 3.33. The Morgan fingerprint density at radius 3 is 2.41 bits per heavy atom. The largest absolute Gasteiger partial charge is 0.457 e. The number of urea groups is 1. The van der Waals surface area contributed by atoms with E-state index in [1.807, 2.05) is 6.07 Å². The van der Waals surface area contributed by atoms with E-state index in [0.717, 1.165) is 30.9 Å². The molecule has 3 N–H and O–H groups in total. The molecule has 0 saturated heterocycles. The molecule has 10 nitrogen and oxygen atoms in total. The van der Waals surface area contributed by atoms with Gasteiger partial charge < -0.3 is 20.3 Å². The zero-order valence-electron chi connectivity index (χ0n) is 24.0. The molecule has 1 aliphatic rings. The quantitative estimate of drug-likeness (QED) is 0.272. The van der Waals surface area contributed by atoms with Crippen molar-refractivity contribution < 1.29 is 14.3 Å². The first-order chi connectivity index (χ1) is 19.5. The Labute approximate surface area is 239 Å². The molecule has 0 saturated carbocycles. The highest BCUT2D eigenvalue weighted by Gasteiger charge is 2.22. The molecule has 3 heterocycles. The Kier molecular flexibility index (Phi) is 7.76. The van der Waals surface area contributed by atoms with Crippen molar-refractivity contribution in [2.45, 2.75) is 46.1 Å². The van der Waals surface area contributed by atoms with E-state index >= 15 is 0 Å². The molecule has 0 unspecified atom stereocenters. The van der Waals surface area contributed by atoms with Gasteiger partial charge in [0.2, 0.25) is 5.91 Å². The summed E-state index contributed by atoms with van der Waals surface area (Å²) in [5.41, 5.74) is 4.83. The number of rotatable bonds is 6. The highest BCUT2D eigenvalue weighted by atomic mass is 16.5. The lowest BCUT2D eigenvalue weighted by Crippen LogP contribution is -2.26. The van der Waals surface area contributed by atoms with Gasteiger partial charge in [-0.25, -0.2) is 14.5 Å². The van der Waals surface area contributed by atoms with E-state index in [1.165, 1.54) is 18.1 Å². The highest BCUT2D eigenvalue weighted by Crippen LogP contribution is 2.29. The number of carbonyl (C=O) groups excluding carboxylic acids is 2. The van der Waals surface area contributed by atoms with E-state index in [4.69, 9.17) is 9.84 Å². The molecule has 0 atom stereocenters. The van der Waals surface area contributed by atoms with Crippen LogP contribution in [0.5, 0.6) is 11.5 Å². The van der Waals surface area contributed by atoms with Crippen LogP contribution in [0.25, 0.3) is 5.69 Å². The summed E-state index contributed by atoms with van der Waals surface area (Å²) >= 11 is 0. The Morgan fingerprint density at radius 2 is 1.68 bits per heavy atom. The number of carbonyl (C=O) groups is 2. The third-order valence-electron chi connectivity index (χ3n) is 6.74. The van der Waals surface area contributed by atoms with Gasteiger partial charge >= 0.3 is 6.03 Å². The van der Waals surface area contributed by atoms with Gasteiger partial charge in [0.15, 0.2) is 0 Å². The standard InChI is InChI=1S/C31H35N7O3/c1-20(39)33-28-17-26(12-14-32-28)41-25-10-7-23(8-11-25)34-30(40)35-29-18-27(31(2,3)4)36-38(29)24-9-6-22-19-37(5)15-13-21(22)16-24/h6-12,14,16-18H,13,15,19H2,1-5H3,(H,32,33,39)(H2,34,35,40). The van der Waals surface area contributed by atoms with Crippen molar-refractivity contribution in [3.8, 4) is 17.2 Å². The first-order valence-electron chi connectivity index (χ1n) is 13.5. The molecule has 10 heteroatoms. The van der Waals surface area contributed by atoms with Gasteiger partial charge in [-0.1, -0.05) is 26.8 Å². The van der Waals surface area contributed by atoms with Crippen molar-refractivity contribution in [1.82, 2.24) is 19.7 Å². The predicted octanol–water partition coefficient (Wildman–Crippen LogP) is 5.95. The number of ether oxygens (including phenoxy) is 1. The fourth-order valence-corrected chi connectivity index (χ4v) is 4.59. The SMILES string of the molecule is CC(=O)Nc1cc(Oc2ccc(NC(=O)Nc3cc(C(C)(C)C)nn3-c3ccc4c(c3)CCN(C)C4)cc2)ccn1. The van der Waals surface area contributed by atoms with Gasteiger partial charge in [0, 0.05) is 49.4 Å². The molecule has 2 aromatic heterocycles. The second-order valence-corrected chi connectivity index (χ2v) is 11.3. The first kappa shape index (κ1) is 27.9. The average molecular weight is 554 g/mol. The lowest BCUT2D eigenvalue weighted by atomic mass is 9.92. The summed E-state index contributed by atoms with van der Waals surface area (Å²) in [5, 5.41) is 13.4. The van der Waals surface area contributed by atoms with Crippen LogP contribution in [0.3, 0.4) is 0 Å². The highest BCUT2D eigenvalue weighted by molar-refractivity contribution is 5.99. The van der Waals surface area contributed by atoms with Crippen LogP contribution in [0.2, 0.25) is 0 Å². The normalized spacial score (nSPS) is 13.3. The second-order valence-electron chi connectivity index (χ2n) is 11.3. The summed E-state index contributed by atoms with van der Waals surface area (Å²) in [6, 6.07) is 18.3. The monoisotopic (exact) mass is 553 g/mol. The molecule has 2 aromatic carbocycles. The van der Waals surface area contributed by atoms with Crippen LogP contribution < -0.4 is 20.7 Å². The molecular weight excluding hydrogens is 518 g/mol. The molecule has 3 amide bonds.